The molecule has 0 bridgehead atoms. The van der Waals surface area contributed by atoms with Crippen LogP contribution in [0.3, 0.4) is 0 Å². The number of pyridine rings is 1. The second-order valence-corrected chi connectivity index (χ2v) is 3.10. The van der Waals surface area contributed by atoms with Crippen molar-refractivity contribution in [1.29, 1.82) is 0 Å². The average molecular weight is 245 g/mol. The summed E-state index contributed by atoms with van der Waals surface area (Å²) in [5.74, 6) is 2.32. The van der Waals surface area contributed by atoms with Gasteiger partial charge >= 0.3 is 0 Å². The summed E-state index contributed by atoms with van der Waals surface area (Å²) in [5, 5.41) is 4.95. The molecule has 1 rings (SSSR count). The third-order valence-corrected chi connectivity index (χ3v) is 1.86. The summed E-state index contributed by atoms with van der Waals surface area (Å²) < 4.78 is 26.2. The highest BCUT2D eigenvalue weighted by atomic mass is 19.1. The summed E-state index contributed by atoms with van der Waals surface area (Å²) in [4.78, 5) is 14.7. The number of nitrogens with zero attached hydrogens (tertiary/aromatic N) is 1. The highest BCUT2D eigenvalue weighted by molar-refractivity contribution is 5.80. The van der Waals surface area contributed by atoms with E-state index in [-0.39, 0.29) is 24.1 Å². The largest absolute Gasteiger partial charge is 0.359 e. The van der Waals surface area contributed by atoms with Gasteiger partial charge in [0.1, 0.15) is 0 Å². The number of hydrogen-bond acceptors (Lipinski definition) is 5. The highest BCUT2D eigenvalue weighted by Crippen LogP contribution is 2.17. The Morgan fingerprint density at radius 2 is 2.06 bits per heavy atom. The van der Waals surface area contributed by atoms with Crippen molar-refractivity contribution in [2.24, 2.45) is 5.84 Å². The molecule has 6 nitrogen and oxygen atoms in total. The van der Waals surface area contributed by atoms with Crippen molar-refractivity contribution >= 4 is 17.5 Å². The first-order valence-electron chi connectivity index (χ1n) is 4.91. The smallest absolute Gasteiger partial charge is 0.239 e. The van der Waals surface area contributed by atoms with Crippen LogP contribution in [0.1, 0.15) is 6.92 Å². The Morgan fingerprint density at radius 1 is 1.41 bits per heavy atom. The topological polar surface area (TPSA) is 92.1 Å². The Morgan fingerprint density at radius 3 is 2.65 bits per heavy atom. The average Bonchev–Trinajstić information content (AvgIpc) is 2.28. The van der Waals surface area contributed by atoms with Gasteiger partial charge in [-0.05, 0) is 6.92 Å². The molecular formula is C9H13F2N5O. The van der Waals surface area contributed by atoms with Crippen LogP contribution in [0.4, 0.5) is 20.4 Å². The van der Waals surface area contributed by atoms with Crippen LogP contribution in [0.5, 0.6) is 0 Å². The number of nitrogens with two attached hydrogens (primary N) is 1. The van der Waals surface area contributed by atoms with E-state index in [2.05, 4.69) is 15.6 Å². The van der Waals surface area contributed by atoms with Crippen molar-refractivity contribution in [1.82, 2.24) is 10.3 Å². The summed E-state index contributed by atoms with van der Waals surface area (Å²) in [6, 6.07) is 0.627. The second-order valence-electron chi connectivity index (χ2n) is 3.10. The van der Waals surface area contributed by atoms with Crippen LogP contribution < -0.4 is 21.9 Å². The van der Waals surface area contributed by atoms with Gasteiger partial charge in [-0.3, -0.25) is 4.79 Å². The van der Waals surface area contributed by atoms with Crippen LogP contribution in [-0.2, 0) is 4.79 Å². The molecule has 94 valence electrons. The predicted molar refractivity (Wildman–Crippen MR) is 59.1 cm³/mol. The number of nitrogen functional groups attached to an aromatic ring is 1. The molecule has 0 aliphatic rings. The molecule has 0 aromatic carbocycles. The Kier molecular flexibility index (Phi) is 4.58. The number of aromatic nitrogens is 1. The third kappa shape index (κ3) is 3.52. The van der Waals surface area contributed by atoms with Crippen molar-refractivity contribution in [3.63, 3.8) is 0 Å². The summed E-state index contributed by atoms with van der Waals surface area (Å²) in [5.41, 5.74) is 1.98. The van der Waals surface area contributed by atoms with Gasteiger partial charge in [0.2, 0.25) is 5.91 Å². The zero-order valence-electron chi connectivity index (χ0n) is 9.18. The number of likely N-dealkylation sites (N-methyl/N-ethyl adjacent to an activating group) is 1. The number of carbonyl (C=O) groups is 1. The Balaban J connectivity index is 2.74. The van der Waals surface area contributed by atoms with E-state index in [1.54, 1.807) is 6.92 Å². The molecule has 5 N–H and O–H groups in total. The van der Waals surface area contributed by atoms with Gasteiger partial charge in [-0.25, -0.2) is 19.6 Å². The fourth-order valence-electron chi connectivity index (χ4n) is 1.12. The van der Waals surface area contributed by atoms with Gasteiger partial charge in [-0.2, -0.15) is 0 Å². The molecule has 1 aromatic rings. The first kappa shape index (κ1) is 13.1. The number of halogens is 2. The molecular weight excluding hydrogens is 232 g/mol. The predicted octanol–water partition coefficient (Wildman–Crippen LogP) is 0.193. The normalized spacial score (nSPS) is 9.88. The lowest BCUT2D eigenvalue weighted by Gasteiger charge is -2.09. The fraction of sp³-hybridized carbons (Fsp3) is 0.333. The maximum atomic E-state index is 13.2. The second kappa shape index (κ2) is 5.94. The Hall–Kier alpha value is -1.96. The summed E-state index contributed by atoms with van der Waals surface area (Å²) >= 11 is 0. The van der Waals surface area contributed by atoms with Crippen LogP contribution in [0.15, 0.2) is 6.07 Å². The van der Waals surface area contributed by atoms with Gasteiger partial charge in [0.05, 0.1) is 6.54 Å². The van der Waals surface area contributed by atoms with Crippen LogP contribution in [-0.4, -0.2) is 24.0 Å². The van der Waals surface area contributed by atoms with Crippen LogP contribution in [0.2, 0.25) is 0 Å². The van der Waals surface area contributed by atoms with Gasteiger partial charge in [-0.15, -0.1) is 0 Å². The van der Waals surface area contributed by atoms with E-state index >= 15 is 0 Å². The molecule has 17 heavy (non-hydrogen) atoms. The molecule has 1 heterocycles. The number of rotatable bonds is 5. The Bertz CT molecular complexity index is 413. The maximum absolute atomic E-state index is 13.2. The number of hydrogen-bond donors (Lipinski definition) is 4. The van der Waals surface area contributed by atoms with Gasteiger partial charge in [0.15, 0.2) is 23.3 Å². The van der Waals surface area contributed by atoms with Crippen LogP contribution in [0.25, 0.3) is 0 Å². The van der Waals surface area contributed by atoms with Crippen molar-refractivity contribution < 1.29 is 13.6 Å². The first-order valence-corrected chi connectivity index (χ1v) is 4.91. The summed E-state index contributed by atoms with van der Waals surface area (Å²) in [6.45, 7) is 2.06. The van der Waals surface area contributed by atoms with Gasteiger partial charge in [0.25, 0.3) is 0 Å². The standard InChI is InChI=1S/C9H13F2N5O/c1-2-13-7(17)4-14-8-5(10)3-6(11)9(15-8)16-12/h3H,2,4,12H2,1H3,(H,13,17)(H2,14,15,16). The molecule has 1 aromatic heterocycles. The third-order valence-electron chi connectivity index (χ3n) is 1.86. The molecule has 1 amide bonds. The molecule has 0 aliphatic heterocycles. The van der Waals surface area contributed by atoms with E-state index < -0.39 is 11.6 Å². The van der Waals surface area contributed by atoms with E-state index in [0.717, 1.165) is 0 Å². The highest BCUT2D eigenvalue weighted by Gasteiger charge is 2.11. The molecule has 0 spiro atoms. The Labute approximate surface area is 96.6 Å². The zero-order chi connectivity index (χ0) is 12.8. The molecule has 8 heteroatoms. The number of amides is 1. The molecule has 0 fully saturated rings. The number of nitrogens with one attached hydrogen (secondary N) is 3. The first-order chi connectivity index (χ1) is 8.08. The van der Waals surface area contributed by atoms with Crippen molar-refractivity contribution in [3.8, 4) is 0 Å². The minimum Gasteiger partial charge on any atom is -0.359 e. The van der Waals surface area contributed by atoms with Crippen LogP contribution in [0, 0.1) is 11.6 Å². The van der Waals surface area contributed by atoms with Gasteiger partial charge < -0.3 is 16.1 Å². The molecule has 0 unspecified atom stereocenters. The lowest BCUT2D eigenvalue weighted by atomic mass is 10.4. The van der Waals surface area contributed by atoms with E-state index in [9.17, 15) is 13.6 Å². The quantitative estimate of drug-likeness (QED) is 0.439. The summed E-state index contributed by atoms with van der Waals surface area (Å²) in [6.07, 6.45) is 0. The number of anilines is 2. The summed E-state index contributed by atoms with van der Waals surface area (Å²) in [7, 11) is 0. The molecule has 0 saturated heterocycles. The van der Waals surface area contributed by atoms with Crippen LogP contribution >= 0.6 is 0 Å². The molecule has 0 saturated carbocycles. The van der Waals surface area contributed by atoms with E-state index in [1.807, 2.05) is 5.43 Å². The van der Waals surface area contributed by atoms with E-state index in [4.69, 9.17) is 5.84 Å². The molecule has 0 atom stereocenters. The zero-order valence-corrected chi connectivity index (χ0v) is 9.18. The van der Waals surface area contributed by atoms with Gasteiger partial charge in [-0.1, -0.05) is 0 Å². The maximum Gasteiger partial charge on any atom is 0.239 e. The number of carbonyl (C=O) groups excluding carboxylic acids is 1. The van der Waals surface area contributed by atoms with Gasteiger partial charge in [0, 0.05) is 12.6 Å². The monoisotopic (exact) mass is 245 g/mol. The molecule has 0 radical (unpaired) electrons. The fourth-order valence-corrected chi connectivity index (χ4v) is 1.12. The SMILES string of the molecule is CCNC(=O)CNc1nc(NN)c(F)cc1F. The van der Waals surface area contributed by atoms with Crippen molar-refractivity contribution in [2.75, 3.05) is 23.8 Å². The minimum atomic E-state index is -0.909. The lowest BCUT2D eigenvalue weighted by molar-refractivity contribution is -0.119. The van der Waals surface area contributed by atoms with Crippen molar-refractivity contribution in [2.45, 2.75) is 6.92 Å². The minimum absolute atomic E-state index is 0.159. The number of hydrazine groups is 1. The van der Waals surface area contributed by atoms with Crippen molar-refractivity contribution in [3.05, 3.63) is 17.7 Å². The molecule has 0 aliphatic carbocycles. The van der Waals surface area contributed by atoms with E-state index in [0.29, 0.717) is 12.6 Å². The lowest BCUT2D eigenvalue weighted by Crippen LogP contribution is -2.30. The van der Waals surface area contributed by atoms with E-state index in [1.165, 1.54) is 0 Å².